The van der Waals surface area contributed by atoms with Crippen LogP contribution in [-0.4, -0.2) is 26.2 Å². The number of fused-ring (bicyclic) bond motifs is 3. The van der Waals surface area contributed by atoms with Crippen molar-refractivity contribution in [2.75, 3.05) is 0 Å². The second kappa shape index (κ2) is 7.65. The molecule has 0 bridgehead atoms. The first-order valence-corrected chi connectivity index (χ1v) is 10.2. The molecule has 0 radical (unpaired) electrons. The Bertz CT molecular complexity index is 1260. The van der Waals surface area contributed by atoms with Gasteiger partial charge in [-0.3, -0.25) is 4.79 Å². The number of nitrogens with zero attached hydrogens (tertiary/aromatic N) is 3. The maximum Gasteiger partial charge on any atom is 0.302 e. The zero-order valence-corrected chi connectivity index (χ0v) is 17.0. The first-order chi connectivity index (χ1) is 15.0. The summed E-state index contributed by atoms with van der Waals surface area (Å²) in [5.74, 6) is -1.50. The van der Waals surface area contributed by atoms with Crippen molar-refractivity contribution in [3.05, 3.63) is 83.6 Å². The molecule has 5 nitrogen and oxygen atoms in total. The molecule has 1 unspecified atom stereocenters. The zero-order chi connectivity index (χ0) is 21.5. The van der Waals surface area contributed by atoms with E-state index in [4.69, 9.17) is 4.74 Å². The molecular weight excluding hydrogens is 400 g/mol. The highest BCUT2D eigenvalue weighted by Crippen LogP contribution is 2.35. The lowest BCUT2D eigenvalue weighted by Crippen LogP contribution is -2.26. The van der Waals surface area contributed by atoms with Crippen LogP contribution in [0.15, 0.2) is 55.1 Å². The maximum atomic E-state index is 14.9. The number of rotatable bonds is 4. The molecule has 2 aromatic heterocycles. The lowest BCUT2D eigenvalue weighted by molar-refractivity contribution is -0.146. The number of hydrogen-bond acceptors (Lipinski definition) is 3. The number of hydrogen-bond donors (Lipinski definition) is 0. The van der Waals surface area contributed by atoms with Crippen LogP contribution in [0, 0.1) is 11.6 Å². The van der Waals surface area contributed by atoms with Gasteiger partial charge in [0.05, 0.1) is 11.8 Å². The summed E-state index contributed by atoms with van der Waals surface area (Å²) in [7, 11) is 0. The van der Waals surface area contributed by atoms with Gasteiger partial charge in [-0.25, -0.2) is 13.8 Å². The van der Waals surface area contributed by atoms with Gasteiger partial charge in [-0.2, -0.15) is 0 Å². The molecule has 31 heavy (non-hydrogen) atoms. The first-order valence-electron chi connectivity index (χ1n) is 10.2. The van der Waals surface area contributed by atoms with E-state index in [9.17, 15) is 13.6 Å². The van der Waals surface area contributed by atoms with Gasteiger partial charge < -0.3 is 13.9 Å². The minimum absolute atomic E-state index is 0.260. The third kappa shape index (κ3) is 3.60. The molecule has 0 N–H and O–H groups in total. The molecule has 158 valence electrons. The largest absolute Gasteiger partial charge is 0.462 e. The number of esters is 1. The van der Waals surface area contributed by atoms with Gasteiger partial charge in [-0.05, 0) is 42.2 Å². The van der Waals surface area contributed by atoms with Gasteiger partial charge in [0.25, 0.3) is 0 Å². The number of aryl methyl sites for hydroxylation is 1. The normalized spacial score (nSPS) is 15.8. The van der Waals surface area contributed by atoms with Crippen molar-refractivity contribution in [2.45, 2.75) is 38.8 Å². The van der Waals surface area contributed by atoms with Crippen LogP contribution < -0.4 is 0 Å². The van der Waals surface area contributed by atoms with Gasteiger partial charge in [0, 0.05) is 55.1 Å². The van der Waals surface area contributed by atoms with Crippen LogP contribution in [0.5, 0.6) is 0 Å². The molecule has 1 aliphatic rings. The summed E-state index contributed by atoms with van der Waals surface area (Å²) in [4.78, 5) is 15.5. The highest BCUT2D eigenvalue weighted by atomic mass is 19.1. The highest BCUT2D eigenvalue weighted by Gasteiger charge is 2.28. The number of carbonyl (C=O) groups excluding carboxylic acids is 1. The Kier molecular flexibility index (Phi) is 4.81. The monoisotopic (exact) mass is 421 g/mol. The van der Waals surface area contributed by atoms with Crippen LogP contribution in [-0.2, 0) is 28.9 Å². The van der Waals surface area contributed by atoms with E-state index in [-0.39, 0.29) is 12.1 Å². The number of benzene rings is 2. The minimum atomic E-state index is -0.586. The zero-order valence-electron chi connectivity index (χ0n) is 17.0. The second-order valence-electron chi connectivity index (χ2n) is 7.91. The standard InChI is InChI=1S/C24H21F2N3O2/c1-15(30)31-19-6-7-20-21-10-17(25)11-22(26)24(21)29(23(20)12-19)13-16-2-4-18(5-3-16)28-9-8-27-14-28/h2-5,8-11,14,19H,6-7,12-13H2,1H3. The molecule has 0 saturated carbocycles. The molecule has 0 saturated heterocycles. The molecule has 2 heterocycles. The smallest absolute Gasteiger partial charge is 0.302 e. The van der Waals surface area contributed by atoms with Crippen LogP contribution in [0.1, 0.15) is 30.2 Å². The molecule has 1 aliphatic carbocycles. The van der Waals surface area contributed by atoms with E-state index in [0.717, 1.165) is 28.6 Å². The Balaban J connectivity index is 1.56. The molecular formula is C24H21F2N3O2. The summed E-state index contributed by atoms with van der Waals surface area (Å²) >= 11 is 0. The fourth-order valence-corrected chi connectivity index (χ4v) is 4.54. The predicted octanol–water partition coefficient (Wildman–Crippen LogP) is 4.57. The van der Waals surface area contributed by atoms with Crippen molar-refractivity contribution in [3.63, 3.8) is 0 Å². The van der Waals surface area contributed by atoms with E-state index < -0.39 is 11.6 Å². The van der Waals surface area contributed by atoms with Crippen LogP contribution in [0.4, 0.5) is 8.78 Å². The summed E-state index contributed by atoms with van der Waals surface area (Å²) in [6.45, 7) is 1.83. The van der Waals surface area contributed by atoms with Crippen molar-refractivity contribution in [3.8, 4) is 5.69 Å². The lowest BCUT2D eigenvalue weighted by atomic mass is 9.93. The Labute approximate surface area is 177 Å². The summed E-state index contributed by atoms with van der Waals surface area (Å²) in [6, 6.07) is 10.3. The van der Waals surface area contributed by atoms with Crippen LogP contribution in [0.25, 0.3) is 16.6 Å². The fraction of sp³-hybridized carbons (Fsp3) is 0.250. The van der Waals surface area contributed by atoms with Crippen molar-refractivity contribution in [2.24, 2.45) is 0 Å². The average Bonchev–Trinajstić information content (AvgIpc) is 3.36. The van der Waals surface area contributed by atoms with Gasteiger partial charge in [-0.1, -0.05) is 12.1 Å². The van der Waals surface area contributed by atoms with E-state index in [1.165, 1.54) is 13.0 Å². The topological polar surface area (TPSA) is 49.0 Å². The summed E-state index contributed by atoms with van der Waals surface area (Å²) in [5, 5.41) is 0.601. The summed E-state index contributed by atoms with van der Waals surface area (Å²) in [5.41, 5.74) is 4.20. The Morgan fingerprint density at radius 2 is 2.03 bits per heavy atom. The summed E-state index contributed by atoms with van der Waals surface area (Å²) in [6.07, 6.45) is 6.78. The number of halogens is 2. The maximum absolute atomic E-state index is 14.9. The molecule has 7 heteroatoms. The SMILES string of the molecule is CC(=O)OC1CCc2c(n(Cc3ccc(-n4ccnc4)cc3)c3c(F)cc(F)cc23)C1. The highest BCUT2D eigenvalue weighted by molar-refractivity contribution is 5.86. The Morgan fingerprint density at radius 1 is 1.23 bits per heavy atom. The van der Waals surface area contributed by atoms with Gasteiger partial charge in [0.2, 0.25) is 0 Å². The molecule has 0 spiro atoms. The summed E-state index contributed by atoms with van der Waals surface area (Å²) < 4.78 is 38.1. The van der Waals surface area contributed by atoms with Crippen molar-refractivity contribution >= 4 is 16.9 Å². The molecule has 1 atom stereocenters. The third-order valence-corrected chi connectivity index (χ3v) is 5.85. The van der Waals surface area contributed by atoms with Crippen LogP contribution in [0.2, 0.25) is 0 Å². The molecule has 0 amide bonds. The number of imidazole rings is 1. The average molecular weight is 421 g/mol. The number of aromatic nitrogens is 3. The molecule has 4 aromatic rings. The third-order valence-electron chi connectivity index (χ3n) is 5.85. The Morgan fingerprint density at radius 3 is 2.74 bits per heavy atom. The van der Waals surface area contributed by atoms with E-state index in [1.807, 2.05) is 39.6 Å². The molecule has 2 aromatic carbocycles. The lowest BCUT2D eigenvalue weighted by Gasteiger charge is -2.24. The first kappa shape index (κ1) is 19.5. The van der Waals surface area contributed by atoms with E-state index in [2.05, 4.69) is 4.98 Å². The molecule has 5 rings (SSSR count). The van der Waals surface area contributed by atoms with E-state index in [0.29, 0.717) is 36.7 Å². The second-order valence-corrected chi connectivity index (χ2v) is 7.91. The number of ether oxygens (including phenoxy) is 1. The predicted molar refractivity (Wildman–Crippen MR) is 112 cm³/mol. The fourth-order valence-electron chi connectivity index (χ4n) is 4.54. The van der Waals surface area contributed by atoms with Crippen molar-refractivity contribution < 1.29 is 18.3 Å². The Hall–Kier alpha value is -3.48. The van der Waals surface area contributed by atoms with Gasteiger partial charge in [-0.15, -0.1) is 0 Å². The minimum Gasteiger partial charge on any atom is -0.462 e. The van der Waals surface area contributed by atoms with Gasteiger partial charge in [0.15, 0.2) is 0 Å². The van der Waals surface area contributed by atoms with Crippen LogP contribution >= 0.6 is 0 Å². The number of carbonyl (C=O) groups is 1. The van der Waals surface area contributed by atoms with E-state index in [1.54, 1.807) is 12.5 Å². The van der Waals surface area contributed by atoms with Crippen LogP contribution in [0.3, 0.4) is 0 Å². The quantitative estimate of drug-likeness (QED) is 0.454. The van der Waals surface area contributed by atoms with Gasteiger partial charge >= 0.3 is 5.97 Å². The molecule has 0 aliphatic heterocycles. The van der Waals surface area contributed by atoms with Crippen molar-refractivity contribution in [1.82, 2.24) is 14.1 Å². The van der Waals surface area contributed by atoms with Crippen molar-refractivity contribution in [1.29, 1.82) is 0 Å². The molecule has 0 fully saturated rings. The van der Waals surface area contributed by atoms with E-state index >= 15 is 0 Å². The van der Waals surface area contributed by atoms with Gasteiger partial charge in [0.1, 0.15) is 17.7 Å².